The van der Waals surface area contributed by atoms with E-state index < -0.39 is 0 Å². The normalized spacial score (nSPS) is 25.9. The molecule has 2 fully saturated rings. The smallest absolute Gasteiger partial charge is 0.306 e. The molecule has 2 aliphatic rings. The quantitative estimate of drug-likeness (QED) is 0.615. The van der Waals surface area contributed by atoms with E-state index in [-0.39, 0.29) is 25.0 Å². The zero-order chi connectivity index (χ0) is 12.2. The monoisotopic (exact) mass is 244 g/mol. The number of rotatable bonds is 0. The second-order valence-corrected chi connectivity index (χ2v) is 5.05. The van der Waals surface area contributed by atoms with Crippen LogP contribution < -0.4 is 0 Å². The van der Waals surface area contributed by atoms with Crippen molar-refractivity contribution in [2.75, 3.05) is 6.61 Å². The first-order valence-corrected chi connectivity index (χ1v) is 5.76. The molecule has 100 valence electrons. The number of cyclic esters (lactones) is 2. The minimum absolute atomic E-state index is 0. The van der Waals surface area contributed by atoms with Gasteiger partial charge in [-0.2, -0.15) is 0 Å². The fourth-order valence-corrected chi connectivity index (χ4v) is 1.63. The van der Waals surface area contributed by atoms with Crippen molar-refractivity contribution in [2.45, 2.75) is 59.5 Å². The average molecular weight is 244 g/mol. The van der Waals surface area contributed by atoms with Crippen LogP contribution in [-0.4, -0.2) is 24.1 Å². The molecule has 0 amide bonds. The van der Waals surface area contributed by atoms with Gasteiger partial charge in [-0.15, -0.1) is 0 Å². The lowest BCUT2D eigenvalue weighted by Crippen LogP contribution is -2.18. The average Bonchev–Trinajstić information content (AvgIpc) is 2.44. The molecule has 17 heavy (non-hydrogen) atoms. The number of esters is 2. The van der Waals surface area contributed by atoms with Crippen LogP contribution >= 0.6 is 0 Å². The van der Waals surface area contributed by atoms with Gasteiger partial charge in [-0.3, -0.25) is 9.59 Å². The maximum Gasteiger partial charge on any atom is 0.306 e. The van der Waals surface area contributed by atoms with Crippen LogP contribution in [0.25, 0.3) is 0 Å². The molecular formula is C13H24O4. The Morgan fingerprint density at radius 2 is 1.88 bits per heavy atom. The van der Waals surface area contributed by atoms with E-state index in [1.165, 1.54) is 0 Å². The van der Waals surface area contributed by atoms with Crippen LogP contribution in [0.4, 0.5) is 0 Å². The molecule has 0 aromatic heterocycles. The van der Waals surface area contributed by atoms with E-state index in [0.29, 0.717) is 25.4 Å². The van der Waals surface area contributed by atoms with Gasteiger partial charge in [0.1, 0.15) is 5.60 Å². The number of ether oxygens (including phenoxy) is 2. The molecule has 2 heterocycles. The number of hydrogen-bond donors (Lipinski definition) is 0. The summed E-state index contributed by atoms with van der Waals surface area (Å²) in [6.45, 7) is 6.55. The highest BCUT2D eigenvalue weighted by molar-refractivity contribution is 5.72. The second-order valence-electron chi connectivity index (χ2n) is 5.05. The standard InChI is InChI=1S/2C6H10O2.CH4/c1-6(2)4-3-5(7)8-6;1-5-2-3-8-6(7)4-5;/h3-4H2,1-2H3;5H,2-4H2,1H3;1H4. The van der Waals surface area contributed by atoms with Gasteiger partial charge < -0.3 is 9.47 Å². The van der Waals surface area contributed by atoms with Crippen molar-refractivity contribution in [3.05, 3.63) is 0 Å². The Morgan fingerprint density at radius 3 is 2.12 bits per heavy atom. The van der Waals surface area contributed by atoms with E-state index in [0.717, 1.165) is 12.8 Å². The van der Waals surface area contributed by atoms with Crippen molar-refractivity contribution in [1.29, 1.82) is 0 Å². The third-order valence-electron chi connectivity index (χ3n) is 2.71. The Kier molecular flexibility index (Phi) is 6.21. The first-order chi connectivity index (χ1) is 7.39. The molecule has 4 nitrogen and oxygen atoms in total. The highest BCUT2D eigenvalue weighted by atomic mass is 16.6. The molecule has 0 radical (unpaired) electrons. The summed E-state index contributed by atoms with van der Waals surface area (Å²) >= 11 is 0. The van der Waals surface area contributed by atoms with Crippen LogP contribution in [0.1, 0.15) is 53.9 Å². The van der Waals surface area contributed by atoms with Gasteiger partial charge in [0.15, 0.2) is 0 Å². The number of carbonyl (C=O) groups excluding carboxylic acids is 2. The molecule has 0 saturated carbocycles. The Hall–Kier alpha value is -1.06. The number of hydrogen-bond acceptors (Lipinski definition) is 4. The Labute approximate surface area is 104 Å². The molecule has 4 heteroatoms. The van der Waals surface area contributed by atoms with Crippen LogP contribution in [0.2, 0.25) is 0 Å². The lowest BCUT2D eigenvalue weighted by Gasteiger charge is -2.16. The van der Waals surface area contributed by atoms with E-state index in [1.807, 2.05) is 13.8 Å². The van der Waals surface area contributed by atoms with Crippen LogP contribution in [-0.2, 0) is 19.1 Å². The maximum absolute atomic E-state index is 10.5. The topological polar surface area (TPSA) is 52.6 Å². The van der Waals surface area contributed by atoms with E-state index in [9.17, 15) is 9.59 Å². The fraction of sp³-hybridized carbons (Fsp3) is 0.846. The highest BCUT2D eigenvalue weighted by Crippen LogP contribution is 2.24. The molecule has 0 spiro atoms. The zero-order valence-corrected chi connectivity index (χ0v) is 10.2. The van der Waals surface area contributed by atoms with Crippen LogP contribution in [0.3, 0.4) is 0 Å². The van der Waals surface area contributed by atoms with E-state index in [4.69, 9.17) is 9.47 Å². The van der Waals surface area contributed by atoms with Gasteiger partial charge in [-0.25, -0.2) is 0 Å². The molecule has 1 atom stereocenters. The molecule has 0 aliphatic carbocycles. The molecular weight excluding hydrogens is 220 g/mol. The number of carbonyl (C=O) groups is 2. The lowest BCUT2D eigenvalue weighted by atomic mass is 10.0. The van der Waals surface area contributed by atoms with Crippen molar-refractivity contribution in [3.63, 3.8) is 0 Å². The second kappa shape index (κ2) is 6.62. The van der Waals surface area contributed by atoms with Gasteiger partial charge in [0.25, 0.3) is 0 Å². The van der Waals surface area contributed by atoms with Crippen LogP contribution in [0.5, 0.6) is 0 Å². The fourth-order valence-electron chi connectivity index (χ4n) is 1.63. The van der Waals surface area contributed by atoms with Crippen molar-refractivity contribution in [1.82, 2.24) is 0 Å². The van der Waals surface area contributed by atoms with E-state index in [1.54, 1.807) is 0 Å². The summed E-state index contributed by atoms with van der Waals surface area (Å²) < 4.78 is 9.62. The Morgan fingerprint density at radius 1 is 1.24 bits per heavy atom. The van der Waals surface area contributed by atoms with Gasteiger partial charge >= 0.3 is 11.9 Å². The highest BCUT2D eigenvalue weighted by Gasteiger charge is 2.30. The van der Waals surface area contributed by atoms with Gasteiger partial charge in [-0.1, -0.05) is 14.4 Å². The summed E-state index contributed by atoms with van der Waals surface area (Å²) in [6, 6.07) is 0. The Bertz CT molecular complexity index is 269. The molecule has 2 saturated heterocycles. The van der Waals surface area contributed by atoms with Crippen molar-refractivity contribution in [2.24, 2.45) is 5.92 Å². The third-order valence-corrected chi connectivity index (χ3v) is 2.71. The predicted octanol–water partition coefficient (Wildman–Crippen LogP) is 2.70. The third kappa shape index (κ3) is 6.29. The SMILES string of the molecule is C.CC1(C)CCC(=O)O1.CC1CCOC(=O)C1. The van der Waals surface area contributed by atoms with Crippen LogP contribution in [0, 0.1) is 5.92 Å². The van der Waals surface area contributed by atoms with E-state index >= 15 is 0 Å². The molecule has 0 aromatic rings. The molecule has 2 aliphatic heterocycles. The molecule has 1 unspecified atom stereocenters. The minimum Gasteiger partial charge on any atom is -0.466 e. The predicted molar refractivity (Wildman–Crippen MR) is 65.5 cm³/mol. The maximum atomic E-state index is 10.5. The summed E-state index contributed by atoms with van der Waals surface area (Å²) in [7, 11) is 0. The van der Waals surface area contributed by atoms with Crippen molar-refractivity contribution < 1.29 is 19.1 Å². The van der Waals surface area contributed by atoms with E-state index in [2.05, 4.69) is 6.92 Å². The van der Waals surface area contributed by atoms with Gasteiger partial charge in [0, 0.05) is 12.8 Å². The molecule has 0 N–H and O–H groups in total. The Balaban J connectivity index is 0.000000284. The van der Waals surface area contributed by atoms with Crippen molar-refractivity contribution in [3.8, 4) is 0 Å². The van der Waals surface area contributed by atoms with Gasteiger partial charge in [-0.05, 0) is 32.6 Å². The lowest BCUT2D eigenvalue weighted by molar-refractivity contribution is -0.149. The summed E-state index contributed by atoms with van der Waals surface area (Å²) in [5, 5.41) is 0. The largest absolute Gasteiger partial charge is 0.466 e. The molecule has 2 rings (SSSR count). The first kappa shape index (κ1) is 15.9. The van der Waals surface area contributed by atoms with Gasteiger partial charge in [0.2, 0.25) is 0 Å². The van der Waals surface area contributed by atoms with Gasteiger partial charge in [0.05, 0.1) is 6.61 Å². The van der Waals surface area contributed by atoms with Crippen molar-refractivity contribution >= 4 is 11.9 Å². The summed E-state index contributed by atoms with van der Waals surface area (Å²) in [6.07, 6.45) is 3.10. The zero-order valence-electron chi connectivity index (χ0n) is 10.2. The minimum atomic E-state index is -0.183. The summed E-state index contributed by atoms with van der Waals surface area (Å²) in [5.74, 6) is 0.440. The molecule has 0 aromatic carbocycles. The molecule has 0 bridgehead atoms. The summed E-state index contributed by atoms with van der Waals surface area (Å²) in [5.41, 5.74) is -0.183. The first-order valence-electron chi connectivity index (χ1n) is 5.76. The summed E-state index contributed by atoms with van der Waals surface area (Å²) in [4.78, 5) is 20.9. The van der Waals surface area contributed by atoms with Crippen LogP contribution in [0.15, 0.2) is 0 Å².